The van der Waals surface area contributed by atoms with Gasteiger partial charge in [-0.3, -0.25) is 4.79 Å². The minimum Gasteiger partial charge on any atom is -0.462 e. The SMILES string of the molecule is Cc1cccc(N2CCc3c(nc(OC[C@@H]4CCCN4C)nc3N3CCN(C(=O)C4=CCC4)[C@@H](CC#N)C3)C2)c1C. The van der Waals surface area contributed by atoms with Gasteiger partial charge in [0.15, 0.2) is 0 Å². The van der Waals surface area contributed by atoms with E-state index in [-0.39, 0.29) is 11.9 Å². The topological polar surface area (TPSA) is 88.8 Å². The van der Waals surface area contributed by atoms with Gasteiger partial charge in [0, 0.05) is 49.0 Å². The van der Waals surface area contributed by atoms with Gasteiger partial charge in [-0.25, -0.2) is 0 Å². The van der Waals surface area contributed by atoms with Gasteiger partial charge in [0.1, 0.15) is 12.4 Å². The molecule has 1 aromatic heterocycles. The minimum absolute atomic E-state index is 0.0924. The van der Waals surface area contributed by atoms with E-state index < -0.39 is 0 Å². The molecule has 0 unspecified atom stereocenters. The molecule has 9 nitrogen and oxygen atoms in total. The van der Waals surface area contributed by atoms with Crippen LogP contribution in [0.3, 0.4) is 0 Å². The van der Waals surface area contributed by atoms with Crippen LogP contribution in [0.1, 0.15) is 54.5 Å². The molecular formula is C32H41N7O2. The number of nitrogens with zero attached hydrogens (tertiary/aromatic N) is 7. The van der Waals surface area contributed by atoms with Crippen LogP contribution in [0.4, 0.5) is 11.5 Å². The van der Waals surface area contributed by atoms with E-state index in [0.29, 0.717) is 51.3 Å². The Balaban J connectivity index is 1.29. The van der Waals surface area contributed by atoms with Gasteiger partial charge in [0.25, 0.3) is 0 Å². The molecule has 4 heterocycles. The molecule has 1 amide bonds. The van der Waals surface area contributed by atoms with Crippen molar-refractivity contribution in [1.82, 2.24) is 19.8 Å². The van der Waals surface area contributed by atoms with E-state index in [2.05, 4.69) is 59.9 Å². The van der Waals surface area contributed by atoms with Gasteiger partial charge in [0.2, 0.25) is 5.91 Å². The van der Waals surface area contributed by atoms with E-state index in [1.165, 1.54) is 23.2 Å². The number of piperazine rings is 1. The summed E-state index contributed by atoms with van der Waals surface area (Å²) in [6, 6.07) is 9.44. The van der Waals surface area contributed by atoms with Crippen molar-refractivity contribution in [1.29, 1.82) is 5.26 Å². The number of carbonyl (C=O) groups is 1. The Morgan fingerprint density at radius 1 is 1.10 bits per heavy atom. The molecule has 2 atom stereocenters. The van der Waals surface area contributed by atoms with Crippen molar-refractivity contribution >= 4 is 17.4 Å². The van der Waals surface area contributed by atoms with Crippen LogP contribution in [0.25, 0.3) is 0 Å². The summed E-state index contributed by atoms with van der Waals surface area (Å²) in [6.07, 6.45) is 7.27. The van der Waals surface area contributed by atoms with Gasteiger partial charge in [-0.05, 0) is 76.7 Å². The zero-order chi connectivity index (χ0) is 28.5. The fourth-order valence-corrected chi connectivity index (χ4v) is 6.62. The van der Waals surface area contributed by atoms with E-state index in [1.807, 2.05) is 11.0 Å². The van der Waals surface area contributed by atoms with Gasteiger partial charge in [-0.2, -0.15) is 15.2 Å². The number of ether oxygens (including phenoxy) is 1. The molecule has 2 saturated heterocycles. The number of benzene rings is 1. The highest BCUT2D eigenvalue weighted by Gasteiger charge is 2.35. The lowest BCUT2D eigenvalue weighted by atomic mass is 9.96. The number of anilines is 2. The average molecular weight is 556 g/mol. The zero-order valence-electron chi connectivity index (χ0n) is 24.6. The Labute approximate surface area is 243 Å². The van der Waals surface area contributed by atoms with Gasteiger partial charge >= 0.3 is 6.01 Å². The van der Waals surface area contributed by atoms with E-state index in [4.69, 9.17) is 14.7 Å². The number of allylic oxidation sites excluding steroid dienone is 1. The Morgan fingerprint density at radius 3 is 2.68 bits per heavy atom. The summed E-state index contributed by atoms with van der Waals surface area (Å²) in [5.41, 5.74) is 6.89. The number of aryl methyl sites for hydroxylation is 1. The standard InChI is InChI=1S/C32H41N7O2/c1-22-7-4-11-29(23(22)2)37-16-13-27-28(20-37)34-32(41-21-26-10-6-15-36(26)3)35-30(27)38-17-18-39(25(19-38)12-14-33)31(40)24-8-5-9-24/h4,7-8,11,25-26H,5-6,9-10,12-13,15-21H2,1-3H3/t25-,26-/m0/s1. The Bertz CT molecular complexity index is 1380. The van der Waals surface area contributed by atoms with Crippen molar-refractivity contribution in [2.45, 2.75) is 71.0 Å². The highest BCUT2D eigenvalue weighted by molar-refractivity contribution is 5.95. The first-order chi connectivity index (χ1) is 19.9. The van der Waals surface area contributed by atoms with Crippen LogP contribution in [0, 0.1) is 25.2 Å². The van der Waals surface area contributed by atoms with Crippen LogP contribution in [0.5, 0.6) is 6.01 Å². The van der Waals surface area contributed by atoms with Crippen molar-refractivity contribution in [3.05, 3.63) is 52.2 Å². The monoisotopic (exact) mass is 555 g/mol. The summed E-state index contributed by atoms with van der Waals surface area (Å²) >= 11 is 0. The lowest BCUT2D eigenvalue weighted by molar-refractivity contribution is -0.130. The highest BCUT2D eigenvalue weighted by Crippen LogP contribution is 2.34. The van der Waals surface area contributed by atoms with E-state index in [1.54, 1.807) is 0 Å². The summed E-state index contributed by atoms with van der Waals surface area (Å²) in [7, 11) is 2.15. The maximum Gasteiger partial charge on any atom is 0.318 e. The van der Waals surface area contributed by atoms with Crippen LogP contribution < -0.4 is 14.5 Å². The predicted octanol–water partition coefficient (Wildman–Crippen LogP) is 3.78. The van der Waals surface area contributed by atoms with E-state index >= 15 is 0 Å². The summed E-state index contributed by atoms with van der Waals surface area (Å²) < 4.78 is 6.30. The largest absolute Gasteiger partial charge is 0.462 e. The van der Waals surface area contributed by atoms with Crippen molar-refractivity contribution in [3.63, 3.8) is 0 Å². The Morgan fingerprint density at radius 2 is 1.95 bits per heavy atom. The maximum atomic E-state index is 13.1. The first-order valence-electron chi connectivity index (χ1n) is 15.1. The third-order valence-corrected chi connectivity index (χ3v) is 9.46. The number of likely N-dealkylation sites (N-methyl/N-ethyl adjacent to an activating group) is 1. The fraction of sp³-hybridized carbons (Fsp3) is 0.562. The number of carbonyl (C=O) groups excluding carboxylic acids is 1. The predicted molar refractivity (Wildman–Crippen MR) is 159 cm³/mol. The first-order valence-corrected chi connectivity index (χ1v) is 15.1. The molecule has 1 aromatic carbocycles. The molecule has 41 heavy (non-hydrogen) atoms. The highest BCUT2D eigenvalue weighted by atomic mass is 16.5. The van der Waals surface area contributed by atoms with E-state index in [0.717, 1.165) is 61.4 Å². The third kappa shape index (κ3) is 5.50. The van der Waals surface area contributed by atoms with Gasteiger partial charge in [-0.1, -0.05) is 18.2 Å². The number of rotatable bonds is 7. The van der Waals surface area contributed by atoms with E-state index in [9.17, 15) is 10.1 Å². The second-order valence-corrected chi connectivity index (χ2v) is 12.0. The van der Waals surface area contributed by atoms with Crippen molar-refractivity contribution in [2.75, 3.05) is 56.2 Å². The number of aromatic nitrogens is 2. The molecule has 3 aliphatic heterocycles. The summed E-state index contributed by atoms with van der Waals surface area (Å²) in [5.74, 6) is 0.998. The van der Waals surface area contributed by atoms with Crippen molar-refractivity contribution < 1.29 is 9.53 Å². The molecule has 216 valence electrons. The fourth-order valence-electron chi connectivity index (χ4n) is 6.62. The van der Waals surface area contributed by atoms with Crippen LogP contribution in [-0.2, 0) is 17.8 Å². The third-order valence-electron chi connectivity index (χ3n) is 9.46. The molecule has 0 spiro atoms. The normalized spacial score (nSPS) is 22.6. The molecular weight excluding hydrogens is 514 g/mol. The molecule has 0 radical (unpaired) electrons. The van der Waals surface area contributed by atoms with Crippen molar-refractivity contribution in [3.8, 4) is 12.1 Å². The molecule has 0 N–H and O–H groups in total. The zero-order valence-corrected chi connectivity index (χ0v) is 24.6. The second kappa shape index (κ2) is 11.7. The Kier molecular flexibility index (Phi) is 7.85. The van der Waals surface area contributed by atoms with Gasteiger partial charge < -0.3 is 24.3 Å². The van der Waals surface area contributed by atoms with Gasteiger partial charge in [0.05, 0.1) is 30.8 Å². The number of hydrogen-bond acceptors (Lipinski definition) is 8. The van der Waals surface area contributed by atoms with Crippen LogP contribution in [0.2, 0.25) is 0 Å². The first kappa shape index (κ1) is 27.5. The molecule has 2 aromatic rings. The summed E-state index contributed by atoms with van der Waals surface area (Å²) in [6.45, 7) is 9.44. The minimum atomic E-state index is -0.167. The van der Waals surface area contributed by atoms with Crippen LogP contribution in [0.15, 0.2) is 29.8 Å². The molecule has 0 bridgehead atoms. The quantitative estimate of drug-likeness (QED) is 0.510. The second-order valence-electron chi connectivity index (χ2n) is 12.0. The number of nitriles is 1. The summed E-state index contributed by atoms with van der Waals surface area (Å²) in [5, 5.41) is 9.62. The molecule has 0 saturated carbocycles. The molecule has 4 aliphatic rings. The molecule has 1 aliphatic carbocycles. The van der Waals surface area contributed by atoms with Crippen molar-refractivity contribution in [2.24, 2.45) is 0 Å². The Hall–Kier alpha value is -3.64. The van der Waals surface area contributed by atoms with Crippen LogP contribution >= 0.6 is 0 Å². The number of amides is 1. The van der Waals surface area contributed by atoms with Crippen LogP contribution in [-0.4, -0.2) is 84.1 Å². The summed E-state index contributed by atoms with van der Waals surface area (Å²) in [4.78, 5) is 32.1. The number of likely N-dealkylation sites (tertiary alicyclic amines) is 1. The maximum absolute atomic E-state index is 13.1. The smallest absolute Gasteiger partial charge is 0.318 e. The number of hydrogen-bond donors (Lipinski definition) is 0. The molecule has 2 fully saturated rings. The molecule has 6 rings (SSSR count). The average Bonchev–Trinajstić information content (AvgIpc) is 3.36. The number of fused-ring (bicyclic) bond motifs is 1. The lowest BCUT2D eigenvalue weighted by Crippen LogP contribution is -2.56. The molecule has 9 heteroatoms. The lowest BCUT2D eigenvalue weighted by Gasteiger charge is -2.43. The van der Waals surface area contributed by atoms with Gasteiger partial charge in [-0.15, -0.1) is 0 Å².